The van der Waals surface area contributed by atoms with Gasteiger partial charge in [-0.25, -0.2) is 0 Å². The van der Waals surface area contributed by atoms with E-state index in [0.29, 0.717) is 22.4 Å². The first kappa shape index (κ1) is 15.6. The van der Waals surface area contributed by atoms with Gasteiger partial charge in [-0.15, -0.1) is 12.4 Å². The zero-order valence-electron chi connectivity index (χ0n) is 11.5. The van der Waals surface area contributed by atoms with Gasteiger partial charge < -0.3 is 10.6 Å². The summed E-state index contributed by atoms with van der Waals surface area (Å²) in [5, 5.41) is 0.578. The van der Waals surface area contributed by atoms with E-state index in [0.717, 1.165) is 31.5 Å². The lowest BCUT2D eigenvalue weighted by Crippen LogP contribution is -2.33. The standard InChI is InChI=1S/C15H19ClN2O.ClH/c1-9-3-2-4-11(14(9)16)15(19)18-7-10-5-6-13(17)12(10)8-18;/h2-4,10,12-13H,5-8,17H2,1H3;1H. The fraction of sp³-hybridized carbons (Fsp3) is 0.533. The molecule has 2 N–H and O–H groups in total. The normalized spacial score (nSPS) is 28.1. The monoisotopic (exact) mass is 314 g/mol. The number of carbonyl (C=O) groups excluding carboxylic acids is 1. The molecule has 110 valence electrons. The number of nitrogens with two attached hydrogens (primary N) is 1. The van der Waals surface area contributed by atoms with E-state index >= 15 is 0 Å². The van der Waals surface area contributed by atoms with E-state index in [1.165, 1.54) is 0 Å². The highest BCUT2D eigenvalue weighted by Gasteiger charge is 2.42. The molecule has 1 aliphatic heterocycles. The van der Waals surface area contributed by atoms with Crippen molar-refractivity contribution in [3.63, 3.8) is 0 Å². The number of hydrogen-bond donors (Lipinski definition) is 1. The zero-order chi connectivity index (χ0) is 13.6. The molecule has 2 fully saturated rings. The van der Waals surface area contributed by atoms with Crippen molar-refractivity contribution in [3.05, 3.63) is 34.3 Å². The summed E-state index contributed by atoms with van der Waals surface area (Å²) in [6, 6.07) is 5.88. The van der Waals surface area contributed by atoms with Gasteiger partial charge in [0.2, 0.25) is 0 Å². The lowest BCUT2D eigenvalue weighted by Gasteiger charge is -2.19. The van der Waals surface area contributed by atoms with Crippen molar-refractivity contribution in [2.24, 2.45) is 17.6 Å². The molecule has 3 nitrogen and oxygen atoms in total. The molecule has 1 aliphatic carbocycles. The van der Waals surface area contributed by atoms with Gasteiger partial charge in [0.1, 0.15) is 0 Å². The quantitative estimate of drug-likeness (QED) is 0.866. The highest BCUT2D eigenvalue weighted by Crippen LogP contribution is 2.38. The van der Waals surface area contributed by atoms with Crippen LogP contribution in [0.1, 0.15) is 28.8 Å². The van der Waals surface area contributed by atoms with E-state index < -0.39 is 0 Å². The van der Waals surface area contributed by atoms with E-state index in [4.69, 9.17) is 17.3 Å². The van der Waals surface area contributed by atoms with E-state index in [2.05, 4.69) is 0 Å². The summed E-state index contributed by atoms with van der Waals surface area (Å²) in [7, 11) is 0. The Morgan fingerprint density at radius 1 is 1.35 bits per heavy atom. The van der Waals surface area contributed by atoms with E-state index in [1.54, 1.807) is 0 Å². The molecular formula is C15H20Cl2N2O. The predicted molar refractivity (Wildman–Crippen MR) is 83.5 cm³/mol. The molecule has 1 saturated carbocycles. The van der Waals surface area contributed by atoms with Crippen molar-refractivity contribution in [3.8, 4) is 0 Å². The Morgan fingerprint density at radius 2 is 2.10 bits per heavy atom. The molecule has 3 atom stereocenters. The van der Waals surface area contributed by atoms with Gasteiger partial charge >= 0.3 is 0 Å². The lowest BCUT2D eigenvalue weighted by molar-refractivity contribution is 0.0779. The molecule has 1 aromatic rings. The second-order valence-electron chi connectivity index (χ2n) is 5.81. The molecule has 5 heteroatoms. The number of hydrogen-bond acceptors (Lipinski definition) is 2. The van der Waals surface area contributed by atoms with Crippen LogP contribution >= 0.6 is 24.0 Å². The van der Waals surface area contributed by atoms with Crippen LogP contribution in [0.25, 0.3) is 0 Å². The molecule has 3 unspecified atom stereocenters. The number of amides is 1. The fourth-order valence-electron chi connectivity index (χ4n) is 3.46. The minimum Gasteiger partial charge on any atom is -0.338 e. The molecule has 1 saturated heterocycles. The first-order valence-corrected chi connectivity index (χ1v) is 7.25. The third kappa shape index (κ3) is 2.54. The van der Waals surface area contributed by atoms with Crippen molar-refractivity contribution in [2.75, 3.05) is 13.1 Å². The minimum atomic E-state index is 0. The molecule has 0 bridgehead atoms. The van der Waals surface area contributed by atoms with Crippen LogP contribution in [0.5, 0.6) is 0 Å². The number of carbonyl (C=O) groups is 1. The number of likely N-dealkylation sites (tertiary alicyclic amines) is 1. The molecule has 2 aliphatic rings. The average molecular weight is 315 g/mol. The maximum absolute atomic E-state index is 12.6. The second kappa shape index (κ2) is 5.92. The van der Waals surface area contributed by atoms with Crippen LogP contribution in [0.15, 0.2) is 18.2 Å². The van der Waals surface area contributed by atoms with Crippen molar-refractivity contribution in [1.82, 2.24) is 4.90 Å². The SMILES string of the molecule is Cc1cccc(C(=O)N2CC3CCC(N)C3C2)c1Cl.Cl. The number of nitrogens with zero attached hydrogens (tertiary/aromatic N) is 1. The Bertz CT molecular complexity index is 521. The van der Waals surface area contributed by atoms with Crippen molar-refractivity contribution in [2.45, 2.75) is 25.8 Å². The number of aryl methyl sites for hydroxylation is 1. The number of benzene rings is 1. The first-order chi connectivity index (χ1) is 9.08. The average Bonchev–Trinajstić information content (AvgIpc) is 2.95. The molecular weight excluding hydrogens is 295 g/mol. The Kier molecular flexibility index (Phi) is 4.62. The van der Waals surface area contributed by atoms with Gasteiger partial charge in [0.25, 0.3) is 5.91 Å². The number of rotatable bonds is 1. The van der Waals surface area contributed by atoms with E-state index in [-0.39, 0.29) is 24.4 Å². The van der Waals surface area contributed by atoms with Gasteiger partial charge in [-0.3, -0.25) is 4.79 Å². The second-order valence-corrected chi connectivity index (χ2v) is 6.19. The highest BCUT2D eigenvalue weighted by molar-refractivity contribution is 6.34. The third-order valence-electron chi connectivity index (χ3n) is 4.62. The molecule has 1 amide bonds. The van der Waals surface area contributed by atoms with Crippen LogP contribution in [0, 0.1) is 18.8 Å². The maximum Gasteiger partial charge on any atom is 0.255 e. The summed E-state index contributed by atoms with van der Waals surface area (Å²) >= 11 is 6.24. The Labute approximate surface area is 130 Å². The van der Waals surface area contributed by atoms with Crippen molar-refractivity contribution in [1.29, 1.82) is 0 Å². The van der Waals surface area contributed by atoms with Gasteiger partial charge in [0.05, 0.1) is 10.6 Å². The Morgan fingerprint density at radius 3 is 2.80 bits per heavy atom. The number of fused-ring (bicyclic) bond motifs is 1. The van der Waals surface area contributed by atoms with Crippen LogP contribution in [0.3, 0.4) is 0 Å². The summed E-state index contributed by atoms with van der Waals surface area (Å²) in [5.41, 5.74) is 7.68. The molecule has 0 spiro atoms. The van der Waals surface area contributed by atoms with Gasteiger partial charge in [0, 0.05) is 19.1 Å². The van der Waals surface area contributed by atoms with Gasteiger partial charge in [-0.2, -0.15) is 0 Å². The van der Waals surface area contributed by atoms with E-state index in [1.807, 2.05) is 30.0 Å². The van der Waals surface area contributed by atoms with Crippen LogP contribution in [0.2, 0.25) is 5.02 Å². The third-order valence-corrected chi connectivity index (χ3v) is 5.12. The zero-order valence-corrected chi connectivity index (χ0v) is 13.1. The van der Waals surface area contributed by atoms with Crippen LogP contribution < -0.4 is 5.73 Å². The highest BCUT2D eigenvalue weighted by atomic mass is 35.5. The lowest BCUT2D eigenvalue weighted by atomic mass is 9.98. The minimum absolute atomic E-state index is 0. The van der Waals surface area contributed by atoms with Gasteiger partial charge in [0.15, 0.2) is 0 Å². The van der Waals surface area contributed by atoms with E-state index in [9.17, 15) is 4.79 Å². The predicted octanol–water partition coefficient (Wildman–Crippen LogP) is 2.88. The first-order valence-electron chi connectivity index (χ1n) is 6.88. The summed E-state index contributed by atoms with van der Waals surface area (Å²) in [4.78, 5) is 14.5. The van der Waals surface area contributed by atoms with Crippen molar-refractivity contribution >= 4 is 29.9 Å². The Hall–Kier alpha value is -0.770. The summed E-state index contributed by atoms with van der Waals surface area (Å²) in [6.45, 7) is 3.55. The molecule has 1 heterocycles. The van der Waals surface area contributed by atoms with Crippen LogP contribution in [0.4, 0.5) is 0 Å². The Balaban J connectivity index is 0.00000147. The summed E-state index contributed by atoms with van der Waals surface area (Å²) in [5.74, 6) is 1.12. The molecule has 1 aromatic carbocycles. The largest absolute Gasteiger partial charge is 0.338 e. The fourth-order valence-corrected chi connectivity index (χ4v) is 3.66. The smallest absolute Gasteiger partial charge is 0.255 e. The molecule has 3 rings (SSSR count). The number of halogens is 2. The van der Waals surface area contributed by atoms with Crippen molar-refractivity contribution < 1.29 is 4.79 Å². The van der Waals surface area contributed by atoms with Crippen LogP contribution in [-0.4, -0.2) is 29.9 Å². The molecule has 0 radical (unpaired) electrons. The summed E-state index contributed by atoms with van der Waals surface area (Å²) < 4.78 is 0. The summed E-state index contributed by atoms with van der Waals surface area (Å²) in [6.07, 6.45) is 2.25. The topological polar surface area (TPSA) is 46.3 Å². The molecule has 20 heavy (non-hydrogen) atoms. The van der Waals surface area contributed by atoms with Gasteiger partial charge in [-0.05, 0) is 43.2 Å². The van der Waals surface area contributed by atoms with Crippen LogP contribution in [-0.2, 0) is 0 Å². The molecule has 0 aromatic heterocycles. The maximum atomic E-state index is 12.6. The van der Waals surface area contributed by atoms with Gasteiger partial charge in [-0.1, -0.05) is 23.7 Å².